The molecule has 0 saturated carbocycles. The van der Waals surface area contributed by atoms with Gasteiger partial charge in [-0.1, -0.05) is 42.5 Å². The molecule has 0 atom stereocenters. The second-order valence-electron chi connectivity index (χ2n) is 8.04. The van der Waals surface area contributed by atoms with E-state index in [-0.39, 0.29) is 5.91 Å². The Balaban J connectivity index is 1.26. The molecule has 0 N–H and O–H groups in total. The molecular weight excluding hydrogens is 400 g/mol. The molecular formula is C26H26N4O2. The van der Waals surface area contributed by atoms with Gasteiger partial charge in [0.05, 0.1) is 23.8 Å². The first-order chi connectivity index (χ1) is 15.8. The van der Waals surface area contributed by atoms with E-state index in [0.29, 0.717) is 18.8 Å². The molecule has 4 aromatic rings. The zero-order valence-corrected chi connectivity index (χ0v) is 17.9. The SMILES string of the molecule is O=C(/C=C/c1ccco1)N1CCN(Cc2nc3ccccc3n2Cc2ccccc2)CC1. The van der Waals surface area contributed by atoms with E-state index in [2.05, 4.69) is 51.9 Å². The largest absolute Gasteiger partial charge is 0.465 e. The van der Waals surface area contributed by atoms with Gasteiger partial charge in [0.1, 0.15) is 11.6 Å². The molecule has 5 rings (SSSR count). The summed E-state index contributed by atoms with van der Waals surface area (Å²) < 4.78 is 7.57. The highest BCUT2D eigenvalue weighted by Gasteiger charge is 2.22. The topological polar surface area (TPSA) is 54.5 Å². The molecule has 1 amide bonds. The van der Waals surface area contributed by atoms with Gasteiger partial charge in [-0.2, -0.15) is 0 Å². The Morgan fingerprint density at radius 1 is 0.906 bits per heavy atom. The fourth-order valence-corrected chi connectivity index (χ4v) is 4.16. The lowest BCUT2D eigenvalue weighted by Crippen LogP contribution is -2.48. The molecule has 32 heavy (non-hydrogen) atoms. The zero-order chi connectivity index (χ0) is 21.8. The number of para-hydroxylation sites is 2. The van der Waals surface area contributed by atoms with Crippen molar-refractivity contribution in [2.45, 2.75) is 13.1 Å². The first-order valence-corrected chi connectivity index (χ1v) is 11.0. The molecule has 2 aromatic carbocycles. The number of fused-ring (bicyclic) bond motifs is 1. The van der Waals surface area contributed by atoms with E-state index >= 15 is 0 Å². The average molecular weight is 427 g/mol. The number of aromatic nitrogens is 2. The summed E-state index contributed by atoms with van der Waals surface area (Å²) in [7, 11) is 0. The molecule has 1 saturated heterocycles. The second-order valence-corrected chi connectivity index (χ2v) is 8.04. The molecule has 6 heteroatoms. The quantitative estimate of drug-likeness (QED) is 0.437. The van der Waals surface area contributed by atoms with E-state index in [1.165, 1.54) is 5.56 Å². The second kappa shape index (κ2) is 9.24. The standard InChI is InChI=1S/C26H26N4O2/c31-26(13-12-22-9-6-18-32-22)29-16-14-28(15-17-29)20-25-27-23-10-4-5-11-24(23)30(25)19-21-7-2-1-3-8-21/h1-13,18H,14-17,19-20H2/b13-12+. The van der Waals surface area contributed by atoms with Gasteiger partial charge in [-0.3, -0.25) is 9.69 Å². The summed E-state index contributed by atoms with van der Waals surface area (Å²) in [6.07, 6.45) is 4.92. The van der Waals surface area contributed by atoms with Crippen LogP contribution in [0, 0.1) is 0 Å². The van der Waals surface area contributed by atoms with Crippen LogP contribution in [0.15, 0.2) is 83.5 Å². The van der Waals surface area contributed by atoms with Crippen molar-refractivity contribution in [1.82, 2.24) is 19.4 Å². The molecule has 0 aliphatic carbocycles. The summed E-state index contributed by atoms with van der Waals surface area (Å²) in [5.41, 5.74) is 3.44. The van der Waals surface area contributed by atoms with Crippen LogP contribution in [-0.4, -0.2) is 51.4 Å². The predicted octanol–water partition coefficient (Wildman–Crippen LogP) is 4.04. The van der Waals surface area contributed by atoms with Crippen molar-refractivity contribution in [2.75, 3.05) is 26.2 Å². The number of nitrogens with zero attached hydrogens (tertiary/aromatic N) is 4. The van der Waals surface area contributed by atoms with Crippen LogP contribution in [0.25, 0.3) is 17.1 Å². The molecule has 1 aliphatic rings. The van der Waals surface area contributed by atoms with Crippen LogP contribution in [0.2, 0.25) is 0 Å². The van der Waals surface area contributed by atoms with Crippen molar-refractivity contribution in [1.29, 1.82) is 0 Å². The summed E-state index contributed by atoms with van der Waals surface area (Å²) in [4.78, 5) is 21.7. The van der Waals surface area contributed by atoms with Crippen molar-refractivity contribution < 1.29 is 9.21 Å². The zero-order valence-electron chi connectivity index (χ0n) is 17.9. The van der Waals surface area contributed by atoms with Crippen LogP contribution < -0.4 is 0 Å². The van der Waals surface area contributed by atoms with Crippen molar-refractivity contribution >= 4 is 23.0 Å². The normalized spacial score (nSPS) is 15.1. The molecule has 0 bridgehead atoms. The number of imidazole rings is 1. The van der Waals surface area contributed by atoms with Crippen LogP contribution in [-0.2, 0) is 17.9 Å². The number of hydrogen-bond donors (Lipinski definition) is 0. The van der Waals surface area contributed by atoms with Crippen molar-refractivity contribution in [3.8, 4) is 0 Å². The number of piperazine rings is 1. The Morgan fingerprint density at radius 3 is 2.47 bits per heavy atom. The molecule has 162 valence electrons. The van der Waals surface area contributed by atoms with Gasteiger partial charge in [0.15, 0.2) is 0 Å². The fraction of sp³-hybridized carbons (Fsp3) is 0.231. The van der Waals surface area contributed by atoms with E-state index in [4.69, 9.17) is 9.40 Å². The number of benzene rings is 2. The molecule has 0 unspecified atom stereocenters. The van der Waals surface area contributed by atoms with Gasteiger partial charge in [0.25, 0.3) is 0 Å². The maximum Gasteiger partial charge on any atom is 0.246 e. The van der Waals surface area contributed by atoms with Gasteiger partial charge in [-0.25, -0.2) is 4.98 Å². The molecule has 1 fully saturated rings. The van der Waals surface area contributed by atoms with Gasteiger partial charge >= 0.3 is 0 Å². The van der Waals surface area contributed by atoms with Crippen LogP contribution in [0.1, 0.15) is 17.1 Å². The Morgan fingerprint density at radius 2 is 1.69 bits per heavy atom. The fourth-order valence-electron chi connectivity index (χ4n) is 4.16. The summed E-state index contributed by atoms with van der Waals surface area (Å²) >= 11 is 0. The third kappa shape index (κ3) is 4.50. The van der Waals surface area contributed by atoms with E-state index in [1.807, 2.05) is 29.2 Å². The maximum absolute atomic E-state index is 12.5. The summed E-state index contributed by atoms with van der Waals surface area (Å²) in [6, 6.07) is 22.5. The molecule has 0 spiro atoms. The molecule has 0 radical (unpaired) electrons. The molecule has 6 nitrogen and oxygen atoms in total. The molecule has 3 heterocycles. The van der Waals surface area contributed by atoms with Gasteiger partial charge < -0.3 is 13.9 Å². The van der Waals surface area contributed by atoms with E-state index in [0.717, 1.165) is 43.0 Å². The number of rotatable bonds is 6. The molecule has 2 aromatic heterocycles. The lowest BCUT2D eigenvalue weighted by atomic mass is 10.2. The van der Waals surface area contributed by atoms with Gasteiger partial charge in [0.2, 0.25) is 5.91 Å². The smallest absolute Gasteiger partial charge is 0.246 e. The molecule has 1 aliphatic heterocycles. The summed E-state index contributed by atoms with van der Waals surface area (Å²) in [6.45, 7) is 4.64. The summed E-state index contributed by atoms with van der Waals surface area (Å²) in [5.74, 6) is 1.78. The Bertz CT molecular complexity index is 1200. The van der Waals surface area contributed by atoms with E-state index in [1.54, 1.807) is 18.4 Å². The van der Waals surface area contributed by atoms with Crippen molar-refractivity contribution in [3.63, 3.8) is 0 Å². The van der Waals surface area contributed by atoms with Gasteiger partial charge in [0, 0.05) is 38.8 Å². The predicted molar refractivity (Wildman–Crippen MR) is 125 cm³/mol. The minimum Gasteiger partial charge on any atom is -0.465 e. The first-order valence-electron chi connectivity index (χ1n) is 11.0. The summed E-state index contributed by atoms with van der Waals surface area (Å²) in [5, 5.41) is 0. The number of amides is 1. The minimum atomic E-state index is 0.0253. The van der Waals surface area contributed by atoms with Crippen molar-refractivity contribution in [2.24, 2.45) is 0 Å². The average Bonchev–Trinajstić information content (AvgIpc) is 3.47. The van der Waals surface area contributed by atoms with E-state index < -0.39 is 0 Å². The Kier molecular flexibility index (Phi) is 5.85. The lowest BCUT2D eigenvalue weighted by Gasteiger charge is -2.34. The van der Waals surface area contributed by atoms with Gasteiger partial charge in [-0.05, 0) is 35.9 Å². The van der Waals surface area contributed by atoms with Gasteiger partial charge in [-0.15, -0.1) is 0 Å². The van der Waals surface area contributed by atoms with Crippen LogP contribution in [0.3, 0.4) is 0 Å². The Hall–Kier alpha value is -3.64. The monoisotopic (exact) mass is 426 g/mol. The van der Waals surface area contributed by atoms with E-state index in [9.17, 15) is 4.79 Å². The highest BCUT2D eigenvalue weighted by molar-refractivity contribution is 5.91. The first kappa shape index (κ1) is 20.3. The Labute approximate surface area is 187 Å². The van der Waals surface area contributed by atoms with Crippen LogP contribution >= 0.6 is 0 Å². The number of furan rings is 1. The number of carbonyl (C=O) groups is 1. The van der Waals surface area contributed by atoms with Crippen LogP contribution in [0.5, 0.6) is 0 Å². The van der Waals surface area contributed by atoms with Crippen molar-refractivity contribution in [3.05, 3.63) is 96.2 Å². The third-order valence-electron chi connectivity index (χ3n) is 5.90. The lowest BCUT2D eigenvalue weighted by molar-refractivity contribution is -0.127. The third-order valence-corrected chi connectivity index (χ3v) is 5.90. The number of hydrogen-bond acceptors (Lipinski definition) is 4. The highest BCUT2D eigenvalue weighted by atomic mass is 16.3. The van der Waals surface area contributed by atoms with Crippen LogP contribution in [0.4, 0.5) is 0 Å². The number of carbonyl (C=O) groups excluding carboxylic acids is 1. The maximum atomic E-state index is 12.5. The highest BCUT2D eigenvalue weighted by Crippen LogP contribution is 2.20. The minimum absolute atomic E-state index is 0.0253.